The summed E-state index contributed by atoms with van der Waals surface area (Å²) in [5.74, 6) is 0.648. The van der Waals surface area contributed by atoms with Crippen LogP contribution in [0.15, 0.2) is 77.8 Å². The summed E-state index contributed by atoms with van der Waals surface area (Å²) < 4.78 is 27.5. The lowest BCUT2D eigenvalue weighted by Crippen LogP contribution is -2.35. The first-order valence-electron chi connectivity index (χ1n) is 10.7. The van der Waals surface area contributed by atoms with E-state index in [0.717, 1.165) is 11.4 Å². The van der Waals surface area contributed by atoms with Crippen molar-refractivity contribution in [3.05, 3.63) is 83.5 Å². The lowest BCUT2D eigenvalue weighted by atomic mass is 10.1. The summed E-state index contributed by atoms with van der Waals surface area (Å²) >= 11 is 5.89. The highest BCUT2D eigenvalue weighted by molar-refractivity contribution is 7.89. The molecule has 2 heterocycles. The molecule has 7 nitrogen and oxygen atoms in total. The number of hydrogen-bond acceptors (Lipinski definition) is 5. The highest BCUT2D eigenvalue weighted by Gasteiger charge is 2.27. The molecule has 1 aliphatic rings. The van der Waals surface area contributed by atoms with Gasteiger partial charge in [-0.25, -0.2) is 13.4 Å². The lowest BCUT2D eigenvalue weighted by molar-refractivity contribution is -0.115. The average Bonchev–Trinajstić information content (AvgIpc) is 3.07. The van der Waals surface area contributed by atoms with Crippen molar-refractivity contribution < 1.29 is 13.2 Å². The van der Waals surface area contributed by atoms with Crippen molar-refractivity contribution >= 4 is 39.0 Å². The van der Waals surface area contributed by atoms with Crippen LogP contribution in [-0.2, 0) is 21.2 Å². The zero-order valence-electron chi connectivity index (χ0n) is 18.0. The van der Waals surface area contributed by atoms with Crippen LogP contribution >= 0.6 is 11.6 Å². The maximum Gasteiger partial charge on any atom is 0.243 e. The third kappa shape index (κ3) is 5.90. The van der Waals surface area contributed by atoms with Crippen LogP contribution in [0.25, 0.3) is 0 Å². The molecule has 1 aliphatic heterocycles. The number of halogens is 1. The molecular weight excluding hydrogens is 460 g/mol. The van der Waals surface area contributed by atoms with Gasteiger partial charge in [-0.05, 0) is 48.4 Å². The van der Waals surface area contributed by atoms with Gasteiger partial charge in [-0.1, -0.05) is 41.9 Å². The first-order chi connectivity index (χ1) is 15.9. The fraction of sp³-hybridized carbons (Fsp3) is 0.250. The van der Waals surface area contributed by atoms with Crippen molar-refractivity contribution in [2.45, 2.75) is 17.7 Å². The number of sulfonamides is 1. The van der Waals surface area contributed by atoms with Gasteiger partial charge in [0, 0.05) is 31.2 Å². The highest BCUT2D eigenvalue weighted by Crippen LogP contribution is 2.22. The van der Waals surface area contributed by atoms with Crippen molar-refractivity contribution in [1.29, 1.82) is 0 Å². The minimum Gasteiger partial charge on any atom is -0.355 e. The van der Waals surface area contributed by atoms with Gasteiger partial charge < -0.3 is 10.2 Å². The molecule has 1 N–H and O–H groups in total. The average molecular weight is 485 g/mol. The zero-order valence-corrected chi connectivity index (χ0v) is 19.6. The summed E-state index contributed by atoms with van der Waals surface area (Å²) in [6, 6.07) is 19.5. The molecule has 0 bridgehead atoms. The Balaban J connectivity index is 1.36. The van der Waals surface area contributed by atoms with Gasteiger partial charge in [0.2, 0.25) is 15.9 Å². The minimum absolute atomic E-state index is 0.103. The molecule has 1 amide bonds. The SMILES string of the molecule is O=C(Cc1ccccc1)Nc1ccc(N2CCCN(S(=O)(=O)c3ccc(Cl)cc3)CC2)nc1. The Bertz CT molecular complexity index is 1190. The molecule has 9 heteroatoms. The van der Waals surface area contributed by atoms with E-state index in [4.69, 9.17) is 11.6 Å². The number of anilines is 2. The van der Waals surface area contributed by atoms with Crippen molar-refractivity contribution in [2.75, 3.05) is 36.4 Å². The monoisotopic (exact) mass is 484 g/mol. The van der Waals surface area contributed by atoms with Crippen LogP contribution < -0.4 is 10.2 Å². The molecule has 1 saturated heterocycles. The molecule has 33 heavy (non-hydrogen) atoms. The molecule has 1 aromatic heterocycles. The van der Waals surface area contributed by atoms with E-state index in [1.165, 1.54) is 16.4 Å². The minimum atomic E-state index is -3.57. The van der Waals surface area contributed by atoms with Gasteiger partial charge in [-0.3, -0.25) is 4.79 Å². The van der Waals surface area contributed by atoms with Gasteiger partial charge in [0.15, 0.2) is 0 Å². The highest BCUT2D eigenvalue weighted by atomic mass is 35.5. The summed E-state index contributed by atoms with van der Waals surface area (Å²) in [5.41, 5.74) is 1.57. The van der Waals surface area contributed by atoms with E-state index in [1.807, 2.05) is 42.5 Å². The number of carbonyl (C=O) groups excluding carboxylic acids is 1. The van der Waals surface area contributed by atoms with Crippen LogP contribution in [0.2, 0.25) is 5.02 Å². The smallest absolute Gasteiger partial charge is 0.243 e. The second-order valence-electron chi connectivity index (χ2n) is 7.81. The third-order valence-corrected chi connectivity index (χ3v) is 7.63. The van der Waals surface area contributed by atoms with Crippen LogP contribution in [0.1, 0.15) is 12.0 Å². The Hall–Kier alpha value is -2.94. The topological polar surface area (TPSA) is 82.6 Å². The van der Waals surface area contributed by atoms with E-state index in [1.54, 1.807) is 18.3 Å². The van der Waals surface area contributed by atoms with Crippen LogP contribution in [0.3, 0.4) is 0 Å². The molecule has 0 atom stereocenters. The molecule has 0 unspecified atom stereocenters. The molecule has 172 valence electrons. The van der Waals surface area contributed by atoms with Crippen molar-refractivity contribution in [3.8, 4) is 0 Å². The van der Waals surface area contributed by atoms with Crippen LogP contribution in [-0.4, -0.2) is 49.8 Å². The first-order valence-corrected chi connectivity index (χ1v) is 12.5. The molecule has 4 rings (SSSR count). The third-order valence-electron chi connectivity index (χ3n) is 5.47. The number of carbonyl (C=O) groups is 1. The quantitative estimate of drug-likeness (QED) is 0.575. The second kappa shape index (κ2) is 10.3. The number of nitrogens with zero attached hydrogens (tertiary/aromatic N) is 3. The summed E-state index contributed by atoms with van der Waals surface area (Å²) in [4.78, 5) is 19.1. The summed E-state index contributed by atoms with van der Waals surface area (Å²) in [6.07, 6.45) is 2.61. The summed E-state index contributed by atoms with van der Waals surface area (Å²) in [7, 11) is -3.57. The van der Waals surface area contributed by atoms with E-state index < -0.39 is 10.0 Å². The number of amides is 1. The van der Waals surface area contributed by atoms with Crippen LogP contribution in [0, 0.1) is 0 Å². The van der Waals surface area contributed by atoms with E-state index in [0.29, 0.717) is 49.7 Å². The number of rotatable bonds is 6. The van der Waals surface area contributed by atoms with Crippen molar-refractivity contribution in [2.24, 2.45) is 0 Å². The Kier molecular flexibility index (Phi) is 7.27. The normalized spacial score (nSPS) is 15.1. The standard InChI is InChI=1S/C24H25ClN4O3S/c25-20-7-10-22(11-8-20)33(31,32)29-14-4-13-28(15-16-29)23-12-9-21(18-26-23)27-24(30)17-19-5-2-1-3-6-19/h1-3,5-12,18H,4,13-17H2,(H,27,30). The largest absolute Gasteiger partial charge is 0.355 e. The van der Waals surface area contributed by atoms with Gasteiger partial charge >= 0.3 is 0 Å². The number of aromatic nitrogens is 1. The maximum absolute atomic E-state index is 13.0. The molecule has 2 aromatic carbocycles. The van der Waals surface area contributed by atoms with Gasteiger partial charge in [0.05, 0.1) is 23.2 Å². The first kappa shape index (κ1) is 23.2. The fourth-order valence-corrected chi connectivity index (χ4v) is 5.35. The lowest BCUT2D eigenvalue weighted by Gasteiger charge is -2.23. The number of benzene rings is 2. The molecule has 0 saturated carbocycles. The Morgan fingerprint density at radius 2 is 1.70 bits per heavy atom. The second-order valence-corrected chi connectivity index (χ2v) is 10.2. The van der Waals surface area contributed by atoms with E-state index in [9.17, 15) is 13.2 Å². The molecule has 0 spiro atoms. The van der Waals surface area contributed by atoms with Gasteiger partial charge in [-0.15, -0.1) is 0 Å². The number of pyridine rings is 1. The van der Waals surface area contributed by atoms with E-state index >= 15 is 0 Å². The Labute approximate surface area is 199 Å². The van der Waals surface area contributed by atoms with Gasteiger partial charge in [-0.2, -0.15) is 4.31 Å². The number of nitrogens with one attached hydrogen (secondary N) is 1. The van der Waals surface area contributed by atoms with E-state index in [-0.39, 0.29) is 10.8 Å². The van der Waals surface area contributed by atoms with E-state index in [2.05, 4.69) is 15.2 Å². The van der Waals surface area contributed by atoms with Crippen molar-refractivity contribution in [1.82, 2.24) is 9.29 Å². The van der Waals surface area contributed by atoms with Crippen LogP contribution in [0.4, 0.5) is 11.5 Å². The predicted octanol–water partition coefficient (Wildman–Crippen LogP) is 3.82. The molecule has 3 aromatic rings. The molecule has 1 fully saturated rings. The zero-order chi connectivity index (χ0) is 23.3. The molecule has 0 aliphatic carbocycles. The maximum atomic E-state index is 13.0. The van der Waals surface area contributed by atoms with Crippen molar-refractivity contribution in [3.63, 3.8) is 0 Å². The summed E-state index contributed by atoms with van der Waals surface area (Å²) in [5, 5.41) is 3.37. The Morgan fingerprint density at radius 3 is 2.39 bits per heavy atom. The Morgan fingerprint density at radius 1 is 0.939 bits per heavy atom. The van der Waals surface area contributed by atoms with Gasteiger partial charge in [0.25, 0.3) is 0 Å². The fourth-order valence-electron chi connectivity index (χ4n) is 3.75. The molecular formula is C24H25ClN4O3S. The number of hydrogen-bond donors (Lipinski definition) is 1. The predicted molar refractivity (Wildman–Crippen MR) is 130 cm³/mol. The van der Waals surface area contributed by atoms with Gasteiger partial charge in [0.1, 0.15) is 5.82 Å². The molecule has 0 radical (unpaired) electrons. The van der Waals surface area contributed by atoms with Crippen LogP contribution in [0.5, 0.6) is 0 Å². The summed E-state index contributed by atoms with van der Waals surface area (Å²) in [6.45, 7) is 2.02.